The number of hydrogen-bond donors (Lipinski definition) is 2. The zero-order valence-corrected chi connectivity index (χ0v) is 12.5. The summed E-state index contributed by atoms with van der Waals surface area (Å²) in [5.74, 6) is -0.573. The molecule has 2 aromatic carbocycles. The number of nitrogens with two attached hydrogens (primary N) is 1. The molecular weight excluding hydrogens is 341 g/mol. The van der Waals surface area contributed by atoms with Crippen molar-refractivity contribution in [2.24, 2.45) is 5.73 Å². The fourth-order valence-corrected chi connectivity index (χ4v) is 2.20. The van der Waals surface area contributed by atoms with Crippen LogP contribution in [-0.4, -0.2) is 11.5 Å². The first kappa shape index (κ1) is 15.4. The van der Waals surface area contributed by atoms with Crippen LogP contribution in [0.15, 0.2) is 46.9 Å². The van der Waals surface area contributed by atoms with E-state index < -0.39 is 10.7 Å². The Balaban J connectivity index is 2.16. The Labute approximate surface area is 129 Å². The summed E-state index contributed by atoms with van der Waals surface area (Å²) in [6, 6.07) is 11.2. The van der Waals surface area contributed by atoms with Crippen molar-refractivity contribution < 1.29 is 9.31 Å². The summed E-state index contributed by atoms with van der Waals surface area (Å²) in [6.07, 6.45) is 0. The summed E-state index contributed by atoms with van der Waals surface area (Å²) in [6.45, 7) is 0.256. The molecule has 0 amide bonds. The minimum absolute atomic E-state index is 0.0482. The van der Waals surface area contributed by atoms with E-state index in [1.807, 2.05) is 30.3 Å². The molecule has 1 unspecified atom stereocenters. The number of nitro groups is 1. The van der Waals surface area contributed by atoms with Crippen molar-refractivity contribution in [2.45, 2.75) is 6.04 Å². The highest BCUT2D eigenvalue weighted by molar-refractivity contribution is 9.10. The van der Waals surface area contributed by atoms with Gasteiger partial charge in [-0.3, -0.25) is 10.1 Å². The van der Waals surface area contributed by atoms with Crippen molar-refractivity contribution in [3.05, 3.63) is 68.4 Å². The molecule has 0 aliphatic heterocycles. The Bertz CT molecular complexity index is 652. The predicted molar refractivity (Wildman–Crippen MR) is 82.6 cm³/mol. The molecule has 1 atom stereocenters. The van der Waals surface area contributed by atoms with Gasteiger partial charge in [-0.05, 0) is 21.5 Å². The average Bonchev–Trinajstić information content (AvgIpc) is 2.48. The van der Waals surface area contributed by atoms with E-state index in [-0.39, 0.29) is 28.4 Å². The molecule has 0 aliphatic rings. The van der Waals surface area contributed by atoms with E-state index in [2.05, 4.69) is 21.2 Å². The second kappa shape index (κ2) is 6.64. The number of nitro benzene ring substituents is 1. The fraction of sp³-hybridized carbons (Fsp3) is 0.143. The highest BCUT2D eigenvalue weighted by Crippen LogP contribution is 2.30. The summed E-state index contributed by atoms with van der Waals surface area (Å²) in [4.78, 5) is 10.4. The standard InChI is InChI=1S/C14H13BrFN3O2/c15-10-6-14(19(20)21)13(7-11(10)16)18-8-12(17)9-4-2-1-3-5-9/h1-7,12,18H,8,17H2. The lowest BCUT2D eigenvalue weighted by molar-refractivity contribution is -0.384. The number of hydrogen-bond acceptors (Lipinski definition) is 4. The van der Waals surface area contributed by atoms with E-state index in [1.165, 1.54) is 0 Å². The number of anilines is 1. The topological polar surface area (TPSA) is 81.2 Å². The summed E-state index contributed by atoms with van der Waals surface area (Å²) >= 11 is 2.93. The van der Waals surface area contributed by atoms with Crippen molar-refractivity contribution in [2.75, 3.05) is 11.9 Å². The van der Waals surface area contributed by atoms with Crippen molar-refractivity contribution in [3.8, 4) is 0 Å². The molecule has 2 aromatic rings. The van der Waals surface area contributed by atoms with E-state index in [0.29, 0.717) is 0 Å². The van der Waals surface area contributed by atoms with Gasteiger partial charge in [-0.15, -0.1) is 0 Å². The van der Waals surface area contributed by atoms with E-state index in [1.54, 1.807) is 0 Å². The average molecular weight is 354 g/mol. The predicted octanol–water partition coefficient (Wildman–Crippen LogP) is 3.61. The summed E-state index contributed by atoms with van der Waals surface area (Å²) in [7, 11) is 0. The number of benzene rings is 2. The smallest absolute Gasteiger partial charge is 0.293 e. The maximum absolute atomic E-state index is 13.5. The van der Waals surface area contributed by atoms with Gasteiger partial charge in [0.15, 0.2) is 0 Å². The zero-order chi connectivity index (χ0) is 15.4. The third kappa shape index (κ3) is 3.77. The van der Waals surface area contributed by atoms with Crippen LogP contribution in [0.25, 0.3) is 0 Å². The van der Waals surface area contributed by atoms with Crippen LogP contribution >= 0.6 is 15.9 Å². The van der Waals surface area contributed by atoms with Gasteiger partial charge < -0.3 is 11.1 Å². The van der Waals surface area contributed by atoms with Crippen molar-refractivity contribution in [1.82, 2.24) is 0 Å². The monoisotopic (exact) mass is 353 g/mol. The lowest BCUT2D eigenvalue weighted by atomic mass is 10.1. The Kier molecular flexibility index (Phi) is 4.87. The third-order valence-corrected chi connectivity index (χ3v) is 3.58. The molecule has 110 valence electrons. The largest absolute Gasteiger partial charge is 0.377 e. The minimum atomic E-state index is -0.573. The maximum Gasteiger partial charge on any atom is 0.293 e. The molecule has 5 nitrogen and oxygen atoms in total. The lowest BCUT2D eigenvalue weighted by Crippen LogP contribution is -2.21. The van der Waals surface area contributed by atoms with Gasteiger partial charge in [-0.25, -0.2) is 4.39 Å². The molecule has 0 bridgehead atoms. The SMILES string of the molecule is NC(CNc1cc(F)c(Br)cc1[N+](=O)[O-])c1ccccc1. The van der Waals surface area contributed by atoms with Gasteiger partial charge in [0.05, 0.1) is 9.40 Å². The van der Waals surface area contributed by atoms with E-state index in [4.69, 9.17) is 5.73 Å². The van der Waals surface area contributed by atoms with Crippen LogP contribution in [0.1, 0.15) is 11.6 Å². The van der Waals surface area contributed by atoms with E-state index in [9.17, 15) is 14.5 Å². The van der Waals surface area contributed by atoms with Crippen LogP contribution in [0.3, 0.4) is 0 Å². The van der Waals surface area contributed by atoms with Gasteiger partial charge >= 0.3 is 0 Å². The van der Waals surface area contributed by atoms with Crippen LogP contribution in [0.2, 0.25) is 0 Å². The minimum Gasteiger partial charge on any atom is -0.377 e. The van der Waals surface area contributed by atoms with Crippen LogP contribution in [0, 0.1) is 15.9 Å². The Morgan fingerprint density at radius 3 is 2.62 bits per heavy atom. The number of nitrogens with zero attached hydrogens (tertiary/aromatic N) is 1. The van der Waals surface area contributed by atoms with Crippen molar-refractivity contribution >= 4 is 27.3 Å². The first-order chi connectivity index (χ1) is 9.99. The summed E-state index contributed by atoms with van der Waals surface area (Å²) < 4.78 is 13.6. The van der Waals surface area contributed by atoms with Crippen LogP contribution < -0.4 is 11.1 Å². The van der Waals surface area contributed by atoms with Gasteiger partial charge in [0.1, 0.15) is 11.5 Å². The van der Waals surface area contributed by atoms with Gasteiger partial charge in [0, 0.05) is 24.7 Å². The molecule has 0 aliphatic carbocycles. The number of rotatable bonds is 5. The molecule has 0 fully saturated rings. The molecule has 0 aromatic heterocycles. The molecule has 0 saturated heterocycles. The van der Waals surface area contributed by atoms with E-state index >= 15 is 0 Å². The zero-order valence-electron chi connectivity index (χ0n) is 10.9. The van der Waals surface area contributed by atoms with E-state index in [0.717, 1.165) is 17.7 Å². The number of nitrogens with one attached hydrogen (secondary N) is 1. The molecule has 21 heavy (non-hydrogen) atoms. The summed E-state index contributed by atoms with van der Waals surface area (Å²) in [5.41, 5.74) is 6.79. The molecule has 7 heteroatoms. The van der Waals surface area contributed by atoms with Crippen LogP contribution in [-0.2, 0) is 0 Å². The third-order valence-electron chi connectivity index (χ3n) is 2.98. The maximum atomic E-state index is 13.5. The van der Waals surface area contributed by atoms with Gasteiger partial charge in [0.25, 0.3) is 5.69 Å². The normalized spacial score (nSPS) is 12.0. The Hall–Kier alpha value is -1.99. The highest BCUT2D eigenvalue weighted by atomic mass is 79.9. The highest BCUT2D eigenvalue weighted by Gasteiger charge is 2.18. The first-order valence-corrected chi connectivity index (χ1v) is 6.96. The second-order valence-corrected chi connectivity index (χ2v) is 5.29. The van der Waals surface area contributed by atoms with Gasteiger partial charge in [-0.1, -0.05) is 30.3 Å². The van der Waals surface area contributed by atoms with Crippen LogP contribution in [0.4, 0.5) is 15.8 Å². The second-order valence-electron chi connectivity index (χ2n) is 4.44. The Morgan fingerprint density at radius 2 is 2.00 bits per heavy atom. The molecule has 0 spiro atoms. The lowest BCUT2D eigenvalue weighted by Gasteiger charge is -2.14. The molecule has 0 radical (unpaired) electrons. The molecule has 3 N–H and O–H groups in total. The molecule has 2 rings (SSSR count). The van der Waals surface area contributed by atoms with Crippen LogP contribution in [0.5, 0.6) is 0 Å². The quantitative estimate of drug-likeness (QED) is 0.635. The molecular formula is C14H13BrFN3O2. The first-order valence-electron chi connectivity index (χ1n) is 6.17. The molecule has 0 heterocycles. The van der Waals surface area contributed by atoms with Gasteiger partial charge in [-0.2, -0.15) is 0 Å². The summed E-state index contributed by atoms with van der Waals surface area (Å²) in [5, 5.41) is 13.8. The van der Waals surface area contributed by atoms with Crippen molar-refractivity contribution in [3.63, 3.8) is 0 Å². The Morgan fingerprint density at radius 1 is 1.33 bits per heavy atom. The number of halogens is 2. The molecule has 0 saturated carbocycles. The van der Waals surface area contributed by atoms with Gasteiger partial charge in [0.2, 0.25) is 0 Å². The fourth-order valence-electron chi connectivity index (χ4n) is 1.87. The van der Waals surface area contributed by atoms with Crippen molar-refractivity contribution in [1.29, 1.82) is 0 Å².